The van der Waals surface area contributed by atoms with Crippen LogP contribution in [0, 0.1) is 12.8 Å². The molecule has 1 N–H and O–H groups in total. The summed E-state index contributed by atoms with van der Waals surface area (Å²) in [5.41, 5.74) is 1.16. The summed E-state index contributed by atoms with van der Waals surface area (Å²) in [4.78, 5) is 18.0. The Hall–Kier alpha value is -1.58. The highest BCUT2D eigenvalue weighted by molar-refractivity contribution is 5.79. The minimum atomic E-state index is 0.105. The van der Waals surface area contributed by atoms with Crippen LogP contribution < -0.4 is 10.2 Å². The minimum Gasteiger partial charge on any atom is -0.359 e. The second kappa shape index (κ2) is 4.51. The fourth-order valence-corrected chi connectivity index (χ4v) is 2.03. The Kier molecular flexibility index (Phi) is 3.08. The molecule has 4 heteroatoms. The van der Waals surface area contributed by atoms with Gasteiger partial charge in [-0.1, -0.05) is 6.07 Å². The summed E-state index contributed by atoms with van der Waals surface area (Å²) in [7, 11) is 1.69. The van der Waals surface area contributed by atoms with Crippen molar-refractivity contribution in [3.05, 3.63) is 23.9 Å². The van der Waals surface area contributed by atoms with Gasteiger partial charge >= 0.3 is 0 Å². The number of amides is 1. The van der Waals surface area contributed by atoms with Crippen molar-refractivity contribution in [3.8, 4) is 0 Å². The first-order valence-electron chi connectivity index (χ1n) is 5.60. The molecular weight excluding hydrogens is 202 g/mol. The molecule has 0 aliphatic carbocycles. The fraction of sp³-hybridized carbons (Fsp3) is 0.500. The van der Waals surface area contributed by atoms with Gasteiger partial charge in [0.1, 0.15) is 5.82 Å². The first-order chi connectivity index (χ1) is 7.70. The minimum absolute atomic E-state index is 0.105. The molecule has 16 heavy (non-hydrogen) atoms. The first kappa shape index (κ1) is 10.9. The Morgan fingerprint density at radius 3 is 3.00 bits per heavy atom. The molecule has 1 aliphatic heterocycles. The summed E-state index contributed by atoms with van der Waals surface area (Å²) in [5, 5.41) is 2.70. The van der Waals surface area contributed by atoms with Crippen molar-refractivity contribution < 1.29 is 4.79 Å². The Labute approximate surface area is 95.7 Å². The number of aromatic nitrogens is 1. The van der Waals surface area contributed by atoms with Crippen molar-refractivity contribution in [2.45, 2.75) is 13.3 Å². The summed E-state index contributed by atoms with van der Waals surface area (Å²) < 4.78 is 0. The zero-order valence-electron chi connectivity index (χ0n) is 9.73. The van der Waals surface area contributed by atoms with E-state index < -0.39 is 0 Å². The van der Waals surface area contributed by atoms with Gasteiger partial charge in [0, 0.05) is 26.3 Å². The third kappa shape index (κ3) is 2.15. The molecule has 1 atom stereocenters. The van der Waals surface area contributed by atoms with Crippen LogP contribution in [0.4, 0.5) is 5.82 Å². The van der Waals surface area contributed by atoms with Crippen LogP contribution >= 0.6 is 0 Å². The summed E-state index contributed by atoms with van der Waals surface area (Å²) in [6, 6.07) is 4.07. The van der Waals surface area contributed by atoms with Crippen LogP contribution in [0.2, 0.25) is 0 Å². The molecule has 1 aromatic rings. The molecule has 1 fully saturated rings. The van der Waals surface area contributed by atoms with Gasteiger partial charge < -0.3 is 10.2 Å². The number of aryl methyl sites for hydroxylation is 1. The predicted molar refractivity (Wildman–Crippen MR) is 63.4 cm³/mol. The van der Waals surface area contributed by atoms with Gasteiger partial charge in [-0.3, -0.25) is 4.79 Å². The molecular formula is C12H17N3O. The summed E-state index contributed by atoms with van der Waals surface area (Å²) in [6.45, 7) is 3.71. The van der Waals surface area contributed by atoms with E-state index in [1.165, 1.54) is 0 Å². The van der Waals surface area contributed by atoms with Crippen molar-refractivity contribution in [3.63, 3.8) is 0 Å². The van der Waals surface area contributed by atoms with Gasteiger partial charge in [0.2, 0.25) is 5.91 Å². The number of hydrogen-bond acceptors (Lipinski definition) is 3. The summed E-state index contributed by atoms with van der Waals surface area (Å²) >= 11 is 0. The zero-order chi connectivity index (χ0) is 11.5. The lowest BCUT2D eigenvalue weighted by molar-refractivity contribution is -0.123. The maximum Gasteiger partial charge on any atom is 0.224 e. The molecule has 4 nitrogen and oxygen atoms in total. The van der Waals surface area contributed by atoms with Crippen molar-refractivity contribution >= 4 is 11.7 Å². The highest BCUT2D eigenvalue weighted by Crippen LogP contribution is 2.22. The van der Waals surface area contributed by atoms with Gasteiger partial charge in [-0.25, -0.2) is 4.98 Å². The number of anilines is 1. The van der Waals surface area contributed by atoms with Gasteiger partial charge in [0.25, 0.3) is 0 Å². The summed E-state index contributed by atoms with van der Waals surface area (Å²) in [5.74, 6) is 1.21. The van der Waals surface area contributed by atoms with E-state index in [9.17, 15) is 4.79 Å². The first-order valence-corrected chi connectivity index (χ1v) is 5.60. The lowest BCUT2D eigenvalue weighted by Gasteiger charge is -2.17. The molecule has 1 aromatic heterocycles. The van der Waals surface area contributed by atoms with Crippen molar-refractivity contribution in [1.82, 2.24) is 10.3 Å². The molecule has 2 heterocycles. The van der Waals surface area contributed by atoms with E-state index in [-0.39, 0.29) is 11.8 Å². The highest BCUT2D eigenvalue weighted by Gasteiger charge is 2.28. The van der Waals surface area contributed by atoms with Gasteiger partial charge in [0.15, 0.2) is 0 Å². The number of pyridine rings is 1. The third-order valence-corrected chi connectivity index (χ3v) is 3.03. The Bertz CT molecular complexity index is 374. The van der Waals surface area contributed by atoms with Crippen LogP contribution in [-0.4, -0.2) is 31.0 Å². The van der Waals surface area contributed by atoms with E-state index in [2.05, 4.69) is 21.3 Å². The van der Waals surface area contributed by atoms with E-state index in [1.807, 2.05) is 19.2 Å². The normalized spacial score (nSPS) is 19.9. The molecule has 86 valence electrons. The van der Waals surface area contributed by atoms with Crippen LogP contribution in [0.5, 0.6) is 0 Å². The number of nitrogens with one attached hydrogen (secondary N) is 1. The van der Waals surface area contributed by atoms with Crippen molar-refractivity contribution in [1.29, 1.82) is 0 Å². The van der Waals surface area contributed by atoms with Crippen molar-refractivity contribution in [2.75, 3.05) is 25.0 Å². The number of carbonyl (C=O) groups excluding carboxylic acids is 1. The molecule has 0 aromatic carbocycles. The SMILES string of the molecule is CNC(=O)C1CCN(c2ccc(C)cn2)C1. The predicted octanol–water partition coefficient (Wildman–Crippen LogP) is 0.962. The molecule has 0 spiro atoms. The maximum absolute atomic E-state index is 11.5. The Morgan fingerprint density at radius 1 is 1.56 bits per heavy atom. The van der Waals surface area contributed by atoms with Crippen LogP contribution in [0.1, 0.15) is 12.0 Å². The largest absolute Gasteiger partial charge is 0.359 e. The number of rotatable bonds is 2. The Morgan fingerprint density at radius 2 is 2.38 bits per heavy atom. The monoisotopic (exact) mass is 219 g/mol. The third-order valence-electron chi connectivity index (χ3n) is 3.03. The van der Waals surface area contributed by atoms with E-state index in [0.29, 0.717) is 0 Å². The second-order valence-electron chi connectivity index (χ2n) is 4.24. The number of hydrogen-bond donors (Lipinski definition) is 1. The average molecular weight is 219 g/mol. The standard InChI is InChI=1S/C12H17N3O/c1-9-3-4-11(14-7-9)15-6-5-10(8-15)12(16)13-2/h3-4,7,10H,5-6,8H2,1-2H3,(H,13,16). The van der Waals surface area contributed by atoms with Gasteiger partial charge in [-0.2, -0.15) is 0 Å². The summed E-state index contributed by atoms with van der Waals surface area (Å²) in [6.07, 6.45) is 2.78. The second-order valence-corrected chi connectivity index (χ2v) is 4.24. The van der Waals surface area contributed by atoms with Crippen LogP contribution in [0.25, 0.3) is 0 Å². The van der Waals surface area contributed by atoms with E-state index in [1.54, 1.807) is 7.05 Å². The lowest BCUT2D eigenvalue weighted by atomic mass is 10.1. The van der Waals surface area contributed by atoms with Crippen LogP contribution in [-0.2, 0) is 4.79 Å². The Balaban J connectivity index is 2.03. The van der Waals surface area contributed by atoms with Gasteiger partial charge in [-0.15, -0.1) is 0 Å². The highest BCUT2D eigenvalue weighted by atomic mass is 16.1. The topological polar surface area (TPSA) is 45.2 Å². The van der Waals surface area contributed by atoms with Crippen LogP contribution in [0.15, 0.2) is 18.3 Å². The van der Waals surface area contributed by atoms with Crippen LogP contribution in [0.3, 0.4) is 0 Å². The maximum atomic E-state index is 11.5. The smallest absolute Gasteiger partial charge is 0.224 e. The molecule has 1 unspecified atom stereocenters. The molecule has 0 radical (unpaired) electrons. The molecule has 1 saturated heterocycles. The molecule has 1 aliphatic rings. The van der Waals surface area contributed by atoms with E-state index >= 15 is 0 Å². The average Bonchev–Trinajstić information content (AvgIpc) is 2.78. The lowest BCUT2D eigenvalue weighted by Crippen LogP contribution is -2.30. The fourth-order valence-electron chi connectivity index (χ4n) is 2.03. The zero-order valence-corrected chi connectivity index (χ0v) is 9.73. The van der Waals surface area contributed by atoms with Gasteiger partial charge in [0.05, 0.1) is 5.92 Å². The number of carbonyl (C=O) groups is 1. The van der Waals surface area contributed by atoms with E-state index in [4.69, 9.17) is 0 Å². The molecule has 1 amide bonds. The molecule has 0 bridgehead atoms. The van der Waals surface area contributed by atoms with Gasteiger partial charge in [-0.05, 0) is 25.0 Å². The van der Waals surface area contributed by atoms with E-state index in [0.717, 1.165) is 30.9 Å². The van der Waals surface area contributed by atoms with Crippen molar-refractivity contribution in [2.24, 2.45) is 5.92 Å². The number of nitrogens with zero attached hydrogens (tertiary/aromatic N) is 2. The molecule has 0 saturated carbocycles. The quantitative estimate of drug-likeness (QED) is 0.806. The molecule has 2 rings (SSSR count).